The van der Waals surface area contributed by atoms with Crippen molar-refractivity contribution in [2.45, 2.75) is 262 Å². The first-order chi connectivity index (χ1) is 52.8. The molecule has 3 saturated heterocycles. The first kappa shape index (κ1) is 93.2. The number of aliphatic hydroxyl groups excluding tert-OH is 5. The predicted octanol–water partition coefficient (Wildman–Crippen LogP) is -0.895. The molecule has 3 aliphatic rings. The number of nitrogens with one attached hydrogen (secondary N) is 11. The van der Waals surface area contributed by atoms with E-state index in [1.807, 2.05) is 20.1 Å². The number of hydrogen-bond donors (Lipinski definition) is 18. The van der Waals surface area contributed by atoms with Crippen LogP contribution in [-0.2, 0) is 68.7 Å². The Bertz CT molecular complexity index is 3380. The van der Waals surface area contributed by atoms with E-state index >= 15 is 9.59 Å². The third-order valence-corrected chi connectivity index (χ3v) is 20.9. The van der Waals surface area contributed by atoms with Crippen molar-refractivity contribution in [2.24, 2.45) is 23.5 Å². The number of unbranched alkanes of at least 4 members (excludes halogenated alkanes) is 5. The number of Topliss-reactive ketones (excluding diaryl/α,β-unsaturated/α-hetero) is 1. The molecule has 0 radical (unpaired) electrons. The minimum absolute atomic E-state index is 0.0115. The largest absolute Gasteiger partial charge is 0.508 e. The number of hydrogen-bond acceptors (Lipinski definition) is 22. The molecule has 0 bridgehead atoms. The summed E-state index contributed by atoms with van der Waals surface area (Å²) in [5.74, 6) is -10.5. The molecule has 33 nitrogen and oxygen atoms in total. The van der Waals surface area contributed by atoms with Gasteiger partial charge in [-0.25, -0.2) is 0 Å². The van der Waals surface area contributed by atoms with Crippen LogP contribution in [0.5, 0.6) is 5.75 Å². The van der Waals surface area contributed by atoms with Crippen LogP contribution < -0.4 is 64.2 Å². The van der Waals surface area contributed by atoms with E-state index in [-0.39, 0.29) is 88.4 Å². The van der Waals surface area contributed by atoms with E-state index in [2.05, 4.69) is 79.3 Å². The summed E-state index contributed by atoms with van der Waals surface area (Å²) in [5.41, 5.74) is 6.43. The zero-order valence-corrected chi connectivity index (χ0v) is 66.2. The normalized spacial score (nSPS) is 23.1. The summed E-state index contributed by atoms with van der Waals surface area (Å²) in [7, 11) is 0. The smallest absolute Gasteiger partial charge is 0.253 e. The Hall–Kier alpha value is -8.38. The minimum atomic E-state index is -2.39. The molecule has 5 rings (SSSR count). The zero-order chi connectivity index (χ0) is 82.0. The van der Waals surface area contributed by atoms with Crippen molar-refractivity contribution in [3.05, 3.63) is 65.7 Å². The van der Waals surface area contributed by atoms with Crippen molar-refractivity contribution in [2.75, 3.05) is 51.3 Å². The molecule has 19 N–H and O–H groups in total. The lowest BCUT2D eigenvalue weighted by molar-refractivity contribution is -0.147. The molecule has 2 aromatic carbocycles. The van der Waals surface area contributed by atoms with E-state index < -0.39 is 200 Å². The number of nitrogens with zero attached hydrogens (tertiary/aromatic N) is 2. The quantitative estimate of drug-likeness (QED) is 0.0284. The minimum Gasteiger partial charge on any atom is -0.508 e. The molecular formula is C77H122N14O19S. The predicted molar refractivity (Wildman–Crippen MR) is 413 cm³/mol. The number of benzene rings is 2. The van der Waals surface area contributed by atoms with Gasteiger partial charge >= 0.3 is 0 Å². The molecule has 0 spiro atoms. The van der Waals surface area contributed by atoms with Gasteiger partial charge in [0.25, 0.3) is 5.91 Å². The first-order valence-corrected chi connectivity index (χ1v) is 40.4. The number of phenolic OH excluding ortho intramolecular Hbond substituents is 1. The van der Waals surface area contributed by atoms with Crippen LogP contribution in [0.25, 0.3) is 0 Å². The number of carbonyl (C=O) groups excluding carboxylic acids is 13. The standard InChI is InChI=1S/C77H122N14O19S/c1-9-45(4)39-46(5)20-15-12-10-11-13-18-24-62(99)83-56-42-60(97)68(80-35-32-78)89-73(106)57-23-19-36-90(57)77(110)64(87-75(108)65(67(101)66(100)50-25-27-51(94)28-26-50)88-74(107)58-41-52(95)43-91(58)76(109)63(47(6)92)86-72(56)105)59(96)29-33-79-61(98)30-34-81-69(102)55(40-49-21-16-14-17-22-49)85-71(104)54(38-44(2)3)84-70(103)53(31-37-111-8)82-48(7)93/h14,16-17,21-22,25-28,44-46,52-60,63-68,80,94-97,100-101H,9-13,15,18-20,23-24,29-43,78H2,1-8H3,(H,79,98)(H,81,102)(H,82,93)(H,83,99)(H,84,103)(H,85,104)(H,86,105)(H,87,108)(H,88,107)(H,89,106). The summed E-state index contributed by atoms with van der Waals surface area (Å²) < 4.78 is 0. The zero-order valence-electron chi connectivity index (χ0n) is 65.3. The summed E-state index contributed by atoms with van der Waals surface area (Å²) in [6.45, 7) is 10.9. The van der Waals surface area contributed by atoms with E-state index in [9.17, 15) is 83.4 Å². The van der Waals surface area contributed by atoms with Gasteiger partial charge in [-0.15, -0.1) is 0 Å². The van der Waals surface area contributed by atoms with Crippen LogP contribution in [0.15, 0.2) is 54.6 Å². The van der Waals surface area contributed by atoms with Crippen molar-refractivity contribution in [1.82, 2.24) is 68.3 Å². The average Bonchev–Trinajstić information content (AvgIpc) is 1.74. The van der Waals surface area contributed by atoms with Crippen LogP contribution in [-0.4, -0.2) is 253 Å². The molecular weight excluding hydrogens is 1460 g/mol. The number of thioether (sulfide) groups is 1. The molecule has 12 amide bonds. The molecule has 2 aromatic rings. The highest BCUT2D eigenvalue weighted by Gasteiger charge is 2.48. The number of carbonyl (C=O) groups is 13. The van der Waals surface area contributed by atoms with E-state index in [1.165, 1.54) is 37.2 Å². The van der Waals surface area contributed by atoms with Gasteiger partial charge in [-0.1, -0.05) is 122 Å². The van der Waals surface area contributed by atoms with Crippen LogP contribution in [0, 0.1) is 17.8 Å². The van der Waals surface area contributed by atoms with Crippen LogP contribution >= 0.6 is 11.8 Å². The second-order valence-corrected chi connectivity index (χ2v) is 31.0. The highest BCUT2D eigenvalue weighted by Crippen LogP contribution is 2.27. The molecule has 3 heterocycles. The number of aliphatic hydroxyl groups is 5. The molecule has 34 heteroatoms. The molecule has 17 unspecified atom stereocenters. The number of rotatable bonds is 40. The van der Waals surface area contributed by atoms with Crippen molar-refractivity contribution >= 4 is 88.4 Å². The topological polar surface area (TPSA) is 508 Å². The Morgan fingerprint density at radius 1 is 0.631 bits per heavy atom. The lowest BCUT2D eigenvalue weighted by Crippen LogP contribution is -2.64. The summed E-state index contributed by atoms with van der Waals surface area (Å²) >= 11 is 1.47. The molecule has 3 aliphatic heterocycles. The highest BCUT2D eigenvalue weighted by molar-refractivity contribution is 7.98. The van der Waals surface area contributed by atoms with Gasteiger partial charge in [0.1, 0.15) is 72.5 Å². The molecule has 17 atom stereocenters. The van der Waals surface area contributed by atoms with Crippen LogP contribution in [0.4, 0.5) is 0 Å². The summed E-state index contributed by atoms with van der Waals surface area (Å²) in [6.07, 6.45) is -2.71. The average molecular weight is 1580 g/mol. The fourth-order valence-electron chi connectivity index (χ4n) is 13.9. The van der Waals surface area contributed by atoms with Gasteiger partial charge in [0.2, 0.25) is 65.0 Å². The summed E-state index contributed by atoms with van der Waals surface area (Å²) in [4.78, 5) is 186. The Kier molecular flexibility index (Phi) is 40.2. The van der Waals surface area contributed by atoms with Crippen LogP contribution in [0.3, 0.4) is 0 Å². The van der Waals surface area contributed by atoms with Gasteiger partial charge in [0.15, 0.2) is 11.8 Å². The maximum Gasteiger partial charge on any atom is 0.253 e. The Labute approximate surface area is 654 Å². The highest BCUT2D eigenvalue weighted by atomic mass is 32.2. The third kappa shape index (κ3) is 30.9. The van der Waals surface area contributed by atoms with Gasteiger partial charge in [-0.3, -0.25) is 67.6 Å². The molecule has 0 aromatic heterocycles. The molecule has 0 saturated carbocycles. The van der Waals surface area contributed by atoms with Crippen molar-refractivity contribution in [1.29, 1.82) is 0 Å². The molecule has 0 aliphatic carbocycles. The lowest BCUT2D eigenvalue weighted by atomic mass is 9.91. The Morgan fingerprint density at radius 2 is 1.28 bits per heavy atom. The van der Waals surface area contributed by atoms with E-state index in [0.29, 0.717) is 36.0 Å². The van der Waals surface area contributed by atoms with Gasteiger partial charge in [-0.2, -0.15) is 11.8 Å². The summed E-state index contributed by atoms with van der Waals surface area (Å²) in [5, 5.41) is 98.0. The van der Waals surface area contributed by atoms with Gasteiger partial charge in [-0.05, 0) is 105 Å². The number of ketones is 1. The molecule has 620 valence electrons. The van der Waals surface area contributed by atoms with E-state index in [1.54, 1.807) is 30.3 Å². The van der Waals surface area contributed by atoms with Gasteiger partial charge in [0.05, 0.1) is 18.3 Å². The maximum absolute atomic E-state index is 15.3. The van der Waals surface area contributed by atoms with Gasteiger partial charge < -0.3 is 99.3 Å². The first-order valence-electron chi connectivity index (χ1n) is 39.0. The van der Waals surface area contributed by atoms with Crippen LogP contribution in [0.2, 0.25) is 0 Å². The fourth-order valence-corrected chi connectivity index (χ4v) is 14.4. The second kappa shape index (κ2) is 47.9. The van der Waals surface area contributed by atoms with E-state index in [0.717, 1.165) is 67.4 Å². The maximum atomic E-state index is 15.3. The van der Waals surface area contributed by atoms with Crippen molar-refractivity contribution < 1.29 is 93.0 Å². The third-order valence-electron chi connectivity index (χ3n) is 20.2. The van der Waals surface area contributed by atoms with Gasteiger partial charge in [0, 0.05) is 78.3 Å². The number of amides is 12. The lowest BCUT2D eigenvalue weighted by Gasteiger charge is -2.34. The molecule has 111 heavy (non-hydrogen) atoms. The van der Waals surface area contributed by atoms with Crippen molar-refractivity contribution in [3.63, 3.8) is 0 Å². The Balaban J connectivity index is 1.44. The number of fused-ring (bicyclic) bond motifs is 2. The SMILES string of the molecule is CCC(C)CC(C)CCCCCCCCC(=O)NC1CC(O)C(NCCN)NC(=O)C2CCCN2C(=O)C(C(O)CCNC(=O)CCNC(=O)C(Cc2ccccc2)NC(=O)C(CC(C)C)NC(=O)C(CCSC)NC(C)=O)NC(=O)C(C(O)C(O)c2ccc(O)cc2)NC(=O)C2CC(O)CN2C(=O)C(C(C)=O)NC1=O. The number of phenols is 1. The second-order valence-electron chi connectivity index (χ2n) is 30.0. The van der Waals surface area contributed by atoms with Crippen LogP contribution in [0.1, 0.15) is 181 Å². The number of nitrogens with two attached hydrogens (primary N) is 1. The monoisotopic (exact) mass is 1580 g/mol. The summed E-state index contributed by atoms with van der Waals surface area (Å²) in [6, 6.07) is -1.45. The number of aromatic hydroxyl groups is 1. The van der Waals surface area contributed by atoms with E-state index in [4.69, 9.17) is 5.73 Å². The Morgan fingerprint density at radius 3 is 1.93 bits per heavy atom. The molecule has 3 fully saturated rings. The fraction of sp³-hybridized carbons (Fsp3) is 0.675. The van der Waals surface area contributed by atoms with Crippen molar-refractivity contribution in [3.8, 4) is 5.75 Å².